The molecule has 0 fully saturated rings. The van der Waals surface area contributed by atoms with E-state index < -0.39 is 11.8 Å². The van der Waals surface area contributed by atoms with Gasteiger partial charge in [-0.15, -0.1) is 0 Å². The Labute approximate surface area is 140 Å². The van der Waals surface area contributed by atoms with E-state index in [1.807, 2.05) is 0 Å². The van der Waals surface area contributed by atoms with E-state index in [0.29, 0.717) is 36.3 Å². The van der Waals surface area contributed by atoms with Crippen LogP contribution in [0.15, 0.2) is 48.3 Å². The Morgan fingerprint density at radius 1 is 1.17 bits per heavy atom. The Hall–Kier alpha value is -2.24. The third kappa shape index (κ3) is 3.05. The van der Waals surface area contributed by atoms with Crippen LogP contribution in [-0.4, -0.2) is 35.9 Å². The maximum absolute atomic E-state index is 12.8. The van der Waals surface area contributed by atoms with Gasteiger partial charge in [-0.2, -0.15) is 0 Å². The van der Waals surface area contributed by atoms with Crippen molar-refractivity contribution in [1.82, 2.24) is 0 Å². The number of benzene rings is 1. The van der Waals surface area contributed by atoms with Crippen LogP contribution in [0.25, 0.3) is 0 Å². The van der Waals surface area contributed by atoms with Crippen LogP contribution in [0.3, 0.4) is 0 Å². The molecule has 126 valence electrons. The maximum Gasteiger partial charge on any atom is 0.175 e. The van der Waals surface area contributed by atoms with E-state index in [2.05, 4.69) is 0 Å². The average Bonchev–Trinajstić information content (AvgIpc) is 2.62. The number of fused-ring (bicyclic) bond motifs is 2. The van der Waals surface area contributed by atoms with Gasteiger partial charge in [-0.3, -0.25) is 9.59 Å². The number of rotatable bonds is 6. The summed E-state index contributed by atoms with van der Waals surface area (Å²) < 4.78 is 5.78. The number of ketones is 2. The Morgan fingerprint density at radius 2 is 1.88 bits per heavy atom. The molecule has 5 heteroatoms. The molecule has 3 atom stereocenters. The summed E-state index contributed by atoms with van der Waals surface area (Å²) in [5, 5.41) is 8.93. The zero-order valence-corrected chi connectivity index (χ0v) is 13.4. The first-order chi connectivity index (χ1) is 11.6. The Bertz CT molecular complexity index is 707. The Morgan fingerprint density at radius 3 is 2.58 bits per heavy atom. The lowest BCUT2D eigenvalue weighted by Crippen LogP contribution is -2.38. The molecule has 3 unspecified atom stereocenters. The summed E-state index contributed by atoms with van der Waals surface area (Å²) in [6, 6.07) is 6.68. The molecule has 2 aliphatic rings. The minimum absolute atomic E-state index is 0.0389. The smallest absolute Gasteiger partial charge is 0.175 e. The summed E-state index contributed by atoms with van der Waals surface area (Å²) in [4.78, 5) is 25.5. The van der Waals surface area contributed by atoms with Gasteiger partial charge in [0.05, 0.1) is 25.0 Å². The highest BCUT2D eigenvalue weighted by molar-refractivity contribution is 6.17. The van der Waals surface area contributed by atoms with Crippen molar-refractivity contribution in [1.29, 1.82) is 0 Å². The van der Waals surface area contributed by atoms with Crippen molar-refractivity contribution < 1.29 is 19.4 Å². The maximum atomic E-state index is 12.8. The molecule has 0 heterocycles. The summed E-state index contributed by atoms with van der Waals surface area (Å²) in [6.07, 6.45) is 6.62. The minimum atomic E-state index is -0.580. The number of allylic oxidation sites excluding steroid dienone is 4. The number of hydrogen-bond donors (Lipinski definition) is 2. The van der Waals surface area contributed by atoms with Crippen molar-refractivity contribution in [3.05, 3.63) is 59.4 Å². The normalized spacial score (nSPS) is 23.3. The number of aliphatic hydroxyl groups excluding tert-OH is 1. The van der Waals surface area contributed by atoms with Crippen LogP contribution in [0.5, 0.6) is 0 Å². The van der Waals surface area contributed by atoms with Gasteiger partial charge in [0.15, 0.2) is 11.6 Å². The van der Waals surface area contributed by atoms with Crippen molar-refractivity contribution in [3.8, 4) is 0 Å². The molecule has 24 heavy (non-hydrogen) atoms. The third-order valence-electron chi connectivity index (χ3n) is 4.51. The van der Waals surface area contributed by atoms with Crippen LogP contribution in [-0.2, 0) is 4.74 Å². The van der Waals surface area contributed by atoms with Gasteiger partial charge in [0.2, 0.25) is 0 Å². The van der Waals surface area contributed by atoms with Crippen molar-refractivity contribution in [3.63, 3.8) is 0 Å². The Kier molecular flexibility index (Phi) is 4.92. The number of carbonyl (C=O) groups excluding carboxylic acids is 2. The highest BCUT2D eigenvalue weighted by Gasteiger charge is 2.43. The van der Waals surface area contributed by atoms with E-state index >= 15 is 0 Å². The molecule has 0 aliphatic heterocycles. The van der Waals surface area contributed by atoms with E-state index in [1.54, 1.807) is 42.5 Å². The fourth-order valence-electron chi connectivity index (χ4n) is 3.22. The molecule has 0 radical (unpaired) electrons. The highest BCUT2D eigenvalue weighted by atomic mass is 16.5. The second kappa shape index (κ2) is 7.11. The van der Waals surface area contributed by atoms with E-state index in [0.717, 1.165) is 0 Å². The van der Waals surface area contributed by atoms with Crippen molar-refractivity contribution in [2.24, 2.45) is 17.6 Å². The standard InChI is InChI=1S/C19H21NO4/c20-12(11-21)5-4-10-24-16-9-3-8-15-17(16)19(23)14-7-2-1-6-13(14)18(15)22/h1-3,6-9,12,15,17,21H,4-5,10-11,20H2. The van der Waals surface area contributed by atoms with Gasteiger partial charge in [0, 0.05) is 17.2 Å². The van der Waals surface area contributed by atoms with Gasteiger partial charge < -0.3 is 15.6 Å². The monoisotopic (exact) mass is 327 g/mol. The molecule has 0 spiro atoms. The number of carbonyl (C=O) groups is 2. The molecular formula is C19H21NO4. The number of hydrogen-bond acceptors (Lipinski definition) is 5. The second-order valence-corrected chi connectivity index (χ2v) is 6.16. The summed E-state index contributed by atoms with van der Waals surface area (Å²) in [6.45, 7) is 0.347. The summed E-state index contributed by atoms with van der Waals surface area (Å²) in [5.41, 5.74) is 6.62. The summed E-state index contributed by atoms with van der Waals surface area (Å²) in [7, 11) is 0. The molecule has 1 aromatic rings. The average molecular weight is 327 g/mol. The topological polar surface area (TPSA) is 89.6 Å². The zero-order valence-electron chi connectivity index (χ0n) is 13.4. The summed E-state index contributed by atoms with van der Waals surface area (Å²) >= 11 is 0. The predicted octanol–water partition coefficient (Wildman–Crippen LogP) is 1.87. The Balaban J connectivity index is 1.75. The first-order valence-electron chi connectivity index (χ1n) is 8.18. The van der Waals surface area contributed by atoms with Crippen molar-refractivity contribution in [2.75, 3.05) is 13.2 Å². The van der Waals surface area contributed by atoms with Crippen LogP contribution >= 0.6 is 0 Å². The lowest BCUT2D eigenvalue weighted by molar-refractivity contribution is 0.0710. The molecule has 1 aromatic carbocycles. The van der Waals surface area contributed by atoms with Crippen LogP contribution in [0.4, 0.5) is 0 Å². The molecular weight excluding hydrogens is 306 g/mol. The lowest BCUT2D eigenvalue weighted by atomic mass is 9.71. The fourth-order valence-corrected chi connectivity index (χ4v) is 3.22. The molecule has 0 aromatic heterocycles. The van der Waals surface area contributed by atoms with Gasteiger partial charge in [-0.05, 0) is 18.9 Å². The number of nitrogens with two attached hydrogens (primary N) is 1. The van der Waals surface area contributed by atoms with Crippen molar-refractivity contribution >= 4 is 11.6 Å². The molecule has 0 saturated heterocycles. The fraction of sp³-hybridized carbons (Fsp3) is 0.368. The number of aliphatic hydroxyl groups is 1. The van der Waals surface area contributed by atoms with Gasteiger partial charge in [-0.1, -0.05) is 36.4 Å². The van der Waals surface area contributed by atoms with Crippen LogP contribution in [0, 0.1) is 11.8 Å². The molecule has 3 rings (SSSR count). The van der Waals surface area contributed by atoms with Gasteiger partial charge in [0.1, 0.15) is 5.76 Å². The van der Waals surface area contributed by atoms with Crippen LogP contribution < -0.4 is 5.73 Å². The minimum Gasteiger partial charge on any atom is -0.497 e. The lowest BCUT2D eigenvalue weighted by Gasteiger charge is -2.32. The zero-order chi connectivity index (χ0) is 17.1. The van der Waals surface area contributed by atoms with E-state index in [9.17, 15) is 9.59 Å². The van der Waals surface area contributed by atoms with Gasteiger partial charge >= 0.3 is 0 Å². The molecule has 0 bridgehead atoms. The number of ether oxygens (including phenoxy) is 1. The van der Waals surface area contributed by atoms with E-state index in [-0.39, 0.29) is 24.2 Å². The molecule has 0 saturated carbocycles. The van der Waals surface area contributed by atoms with Gasteiger partial charge in [0.25, 0.3) is 0 Å². The van der Waals surface area contributed by atoms with Gasteiger partial charge in [-0.25, -0.2) is 0 Å². The van der Waals surface area contributed by atoms with Crippen LogP contribution in [0.2, 0.25) is 0 Å². The third-order valence-corrected chi connectivity index (χ3v) is 4.51. The first-order valence-corrected chi connectivity index (χ1v) is 8.18. The molecule has 5 nitrogen and oxygen atoms in total. The quantitative estimate of drug-likeness (QED) is 0.779. The van der Waals surface area contributed by atoms with Crippen molar-refractivity contribution in [2.45, 2.75) is 18.9 Å². The van der Waals surface area contributed by atoms with Crippen LogP contribution in [0.1, 0.15) is 33.6 Å². The largest absolute Gasteiger partial charge is 0.497 e. The molecule has 0 amide bonds. The highest BCUT2D eigenvalue weighted by Crippen LogP contribution is 2.38. The van der Waals surface area contributed by atoms with E-state index in [4.69, 9.17) is 15.6 Å². The molecule has 3 N–H and O–H groups in total. The second-order valence-electron chi connectivity index (χ2n) is 6.16. The number of Topliss-reactive ketones (excluding diaryl/α,β-unsaturated/α-hetero) is 2. The van der Waals surface area contributed by atoms with E-state index in [1.165, 1.54) is 0 Å². The first kappa shape index (κ1) is 16.6. The molecule has 2 aliphatic carbocycles. The SMILES string of the molecule is NC(CO)CCCOC1=CC=CC2C(=O)c3ccccc3C(=O)C12. The summed E-state index contributed by atoms with van der Waals surface area (Å²) in [5.74, 6) is -0.648. The predicted molar refractivity (Wildman–Crippen MR) is 89.6 cm³/mol.